The Morgan fingerprint density at radius 1 is 1.03 bits per heavy atom. The maximum Gasteiger partial charge on any atom is 0.260 e. The number of ether oxygens (including phenoxy) is 1. The van der Waals surface area contributed by atoms with Gasteiger partial charge >= 0.3 is 0 Å². The van der Waals surface area contributed by atoms with E-state index >= 15 is 0 Å². The van der Waals surface area contributed by atoms with E-state index in [2.05, 4.69) is 19.2 Å². The molecule has 0 spiro atoms. The molecule has 1 N–H and O–H groups in total. The minimum Gasteiger partial charge on any atom is -0.481 e. The largest absolute Gasteiger partial charge is 0.481 e. The van der Waals surface area contributed by atoms with Crippen molar-refractivity contribution in [3.8, 4) is 5.75 Å². The fraction of sp³-hybridized carbons (Fsp3) is 0.417. The topological polar surface area (TPSA) is 58.6 Å². The molecule has 0 saturated carbocycles. The van der Waals surface area contributed by atoms with Crippen LogP contribution >= 0.6 is 11.6 Å². The molecular weight excluding hydrogens is 400 g/mol. The van der Waals surface area contributed by atoms with Crippen LogP contribution in [0.1, 0.15) is 55.5 Å². The van der Waals surface area contributed by atoms with E-state index < -0.39 is 6.10 Å². The number of hydrogen-bond donors (Lipinski definition) is 1. The van der Waals surface area contributed by atoms with E-state index in [1.165, 1.54) is 0 Å². The lowest BCUT2D eigenvalue weighted by atomic mass is 10.0. The second-order valence-electron chi connectivity index (χ2n) is 8.01. The molecule has 6 heteroatoms. The van der Waals surface area contributed by atoms with Crippen molar-refractivity contribution in [3.63, 3.8) is 0 Å². The molecule has 2 aromatic carbocycles. The molecule has 160 valence electrons. The van der Waals surface area contributed by atoms with E-state index in [9.17, 15) is 9.59 Å². The standard InChI is InChI=1S/C24H29ClN2O3/c1-16(2)19-8-5-7-11-22(19)30-17(3)23(28)26-18-12-14-27(15-13-18)24(29)20-9-4-6-10-21(20)25/h4-11,16-18H,12-15H2,1-3H3,(H,26,28). The number of nitrogens with one attached hydrogen (secondary N) is 1. The molecule has 1 saturated heterocycles. The Hall–Kier alpha value is -2.53. The first-order valence-electron chi connectivity index (χ1n) is 10.5. The van der Waals surface area contributed by atoms with Crippen molar-refractivity contribution in [2.24, 2.45) is 0 Å². The second kappa shape index (κ2) is 9.98. The molecule has 1 unspecified atom stereocenters. The van der Waals surface area contributed by atoms with Crippen LogP contribution in [0, 0.1) is 0 Å². The Morgan fingerprint density at radius 3 is 2.33 bits per heavy atom. The fourth-order valence-electron chi connectivity index (χ4n) is 3.66. The van der Waals surface area contributed by atoms with Gasteiger partial charge in [-0.3, -0.25) is 9.59 Å². The van der Waals surface area contributed by atoms with Gasteiger partial charge in [0.05, 0.1) is 10.6 Å². The van der Waals surface area contributed by atoms with Gasteiger partial charge in [-0.25, -0.2) is 0 Å². The highest BCUT2D eigenvalue weighted by molar-refractivity contribution is 6.33. The molecule has 3 rings (SSSR count). The van der Waals surface area contributed by atoms with Crippen molar-refractivity contribution in [2.75, 3.05) is 13.1 Å². The summed E-state index contributed by atoms with van der Waals surface area (Å²) < 4.78 is 5.95. The molecule has 1 fully saturated rings. The summed E-state index contributed by atoms with van der Waals surface area (Å²) in [5, 5.41) is 3.53. The van der Waals surface area contributed by atoms with Crippen LogP contribution in [0.25, 0.3) is 0 Å². The quantitative estimate of drug-likeness (QED) is 0.728. The molecule has 30 heavy (non-hydrogen) atoms. The third kappa shape index (κ3) is 5.33. The van der Waals surface area contributed by atoms with Gasteiger partial charge in [-0.1, -0.05) is 55.8 Å². The zero-order valence-electron chi connectivity index (χ0n) is 17.7. The first-order chi connectivity index (χ1) is 14.4. The Kier molecular flexibility index (Phi) is 7.38. The zero-order valence-corrected chi connectivity index (χ0v) is 18.5. The van der Waals surface area contributed by atoms with Crippen molar-refractivity contribution < 1.29 is 14.3 Å². The maximum absolute atomic E-state index is 12.7. The molecule has 1 heterocycles. The lowest BCUT2D eigenvalue weighted by Gasteiger charge is -2.33. The Balaban J connectivity index is 1.52. The van der Waals surface area contributed by atoms with Gasteiger partial charge in [-0.15, -0.1) is 0 Å². The summed E-state index contributed by atoms with van der Waals surface area (Å²) in [5.74, 6) is 0.864. The number of piperidine rings is 1. The Bertz CT molecular complexity index is 892. The van der Waals surface area contributed by atoms with Gasteiger partial charge in [0.1, 0.15) is 5.75 Å². The van der Waals surface area contributed by atoms with Gasteiger partial charge in [0.2, 0.25) is 0 Å². The second-order valence-corrected chi connectivity index (χ2v) is 8.41. The van der Waals surface area contributed by atoms with Crippen LogP contribution in [0.3, 0.4) is 0 Å². The summed E-state index contributed by atoms with van der Waals surface area (Å²) in [7, 11) is 0. The molecule has 1 aliphatic heterocycles. The summed E-state index contributed by atoms with van der Waals surface area (Å²) in [4.78, 5) is 27.1. The molecule has 1 atom stereocenters. The van der Waals surface area contributed by atoms with Gasteiger partial charge in [0, 0.05) is 19.1 Å². The fourth-order valence-corrected chi connectivity index (χ4v) is 3.88. The van der Waals surface area contributed by atoms with E-state index in [0.29, 0.717) is 42.4 Å². The molecule has 2 amide bonds. The SMILES string of the molecule is CC(Oc1ccccc1C(C)C)C(=O)NC1CCN(C(=O)c2ccccc2Cl)CC1. The minimum atomic E-state index is -0.590. The number of hydrogen-bond acceptors (Lipinski definition) is 3. The highest BCUT2D eigenvalue weighted by Crippen LogP contribution is 2.27. The predicted octanol–water partition coefficient (Wildman–Crippen LogP) is 4.65. The number of benzene rings is 2. The lowest BCUT2D eigenvalue weighted by Crippen LogP contribution is -2.49. The summed E-state index contributed by atoms with van der Waals surface area (Å²) >= 11 is 6.15. The summed E-state index contributed by atoms with van der Waals surface area (Å²) in [6.07, 6.45) is 0.821. The first-order valence-corrected chi connectivity index (χ1v) is 10.8. The van der Waals surface area contributed by atoms with Crippen LogP contribution in [0.15, 0.2) is 48.5 Å². The highest BCUT2D eigenvalue weighted by Gasteiger charge is 2.27. The van der Waals surface area contributed by atoms with Gasteiger partial charge in [0.15, 0.2) is 6.10 Å². The molecular formula is C24H29ClN2O3. The normalized spacial score (nSPS) is 15.7. The van der Waals surface area contributed by atoms with Gasteiger partial charge in [-0.2, -0.15) is 0 Å². The van der Waals surface area contributed by atoms with Crippen LogP contribution in [0.5, 0.6) is 5.75 Å². The van der Waals surface area contributed by atoms with Crippen LogP contribution in [-0.2, 0) is 4.79 Å². The monoisotopic (exact) mass is 428 g/mol. The zero-order chi connectivity index (χ0) is 21.7. The number of carbonyl (C=O) groups is 2. The average molecular weight is 429 g/mol. The number of para-hydroxylation sites is 1. The van der Waals surface area contributed by atoms with Gasteiger partial charge < -0.3 is 15.0 Å². The average Bonchev–Trinajstić information content (AvgIpc) is 2.74. The van der Waals surface area contributed by atoms with E-state index in [4.69, 9.17) is 16.3 Å². The molecule has 2 aromatic rings. The van der Waals surface area contributed by atoms with Crippen molar-refractivity contribution in [3.05, 3.63) is 64.7 Å². The van der Waals surface area contributed by atoms with E-state index in [1.807, 2.05) is 36.4 Å². The summed E-state index contributed by atoms with van der Waals surface area (Å²) in [5.41, 5.74) is 1.61. The third-order valence-corrected chi connectivity index (χ3v) is 5.78. The smallest absolute Gasteiger partial charge is 0.260 e. The molecule has 0 aromatic heterocycles. The number of nitrogens with zero attached hydrogens (tertiary/aromatic N) is 1. The van der Waals surface area contributed by atoms with Crippen LogP contribution < -0.4 is 10.1 Å². The summed E-state index contributed by atoms with van der Waals surface area (Å²) in [6.45, 7) is 7.14. The third-order valence-electron chi connectivity index (χ3n) is 5.45. The van der Waals surface area contributed by atoms with Gasteiger partial charge in [-0.05, 0) is 49.4 Å². The first kappa shape index (κ1) is 22.2. The van der Waals surface area contributed by atoms with Crippen molar-refractivity contribution >= 4 is 23.4 Å². The number of rotatable bonds is 6. The number of halogens is 1. The molecule has 5 nitrogen and oxygen atoms in total. The predicted molar refractivity (Wildman–Crippen MR) is 119 cm³/mol. The van der Waals surface area contributed by atoms with E-state index in [1.54, 1.807) is 24.0 Å². The lowest BCUT2D eigenvalue weighted by molar-refractivity contribution is -0.128. The van der Waals surface area contributed by atoms with E-state index in [0.717, 1.165) is 11.3 Å². The molecule has 0 aliphatic carbocycles. The number of likely N-dealkylation sites (tertiary alicyclic amines) is 1. The van der Waals surface area contributed by atoms with Crippen LogP contribution in [-0.4, -0.2) is 41.9 Å². The van der Waals surface area contributed by atoms with Crippen molar-refractivity contribution in [1.29, 1.82) is 0 Å². The van der Waals surface area contributed by atoms with E-state index in [-0.39, 0.29) is 17.9 Å². The number of amides is 2. The van der Waals surface area contributed by atoms with Crippen molar-refractivity contribution in [2.45, 2.75) is 51.7 Å². The maximum atomic E-state index is 12.7. The summed E-state index contributed by atoms with van der Waals surface area (Å²) in [6, 6.07) is 14.9. The minimum absolute atomic E-state index is 0.0270. The molecule has 1 aliphatic rings. The van der Waals surface area contributed by atoms with Gasteiger partial charge in [0.25, 0.3) is 11.8 Å². The Morgan fingerprint density at radius 2 is 1.67 bits per heavy atom. The van der Waals surface area contributed by atoms with Crippen LogP contribution in [0.2, 0.25) is 5.02 Å². The molecule has 0 radical (unpaired) electrons. The molecule has 0 bridgehead atoms. The highest BCUT2D eigenvalue weighted by atomic mass is 35.5. The Labute approximate surface area is 183 Å². The number of carbonyl (C=O) groups excluding carboxylic acids is 2. The van der Waals surface area contributed by atoms with Crippen LogP contribution in [0.4, 0.5) is 0 Å². The van der Waals surface area contributed by atoms with Crippen molar-refractivity contribution in [1.82, 2.24) is 10.2 Å².